The van der Waals surface area contributed by atoms with Crippen LogP contribution in [0.3, 0.4) is 0 Å². The van der Waals surface area contributed by atoms with Gasteiger partial charge in [0.05, 0.1) is 0 Å². The summed E-state index contributed by atoms with van der Waals surface area (Å²) in [5, 5.41) is 3.28. The van der Waals surface area contributed by atoms with Gasteiger partial charge >= 0.3 is 0 Å². The lowest BCUT2D eigenvalue weighted by atomic mass is 10.1. The number of hydrogen-bond donors (Lipinski definition) is 3. The molecular weight excluding hydrogens is 198 g/mol. The van der Waals surface area contributed by atoms with Crippen molar-refractivity contribution in [3.63, 3.8) is 0 Å². The Morgan fingerprint density at radius 3 is 2.64 bits per heavy atom. The standard InChI is InChI=1S/C10H17N3.ClH/c1-2-5-13-7-8-6-9(11)3-4-10(8)12;/h3-4,6,13H,2,5,7,11-12H2,1H3;1H. The molecule has 0 atom stereocenters. The summed E-state index contributed by atoms with van der Waals surface area (Å²) in [5.74, 6) is 0. The summed E-state index contributed by atoms with van der Waals surface area (Å²) >= 11 is 0. The monoisotopic (exact) mass is 215 g/mol. The van der Waals surface area contributed by atoms with Crippen LogP contribution < -0.4 is 16.8 Å². The number of anilines is 2. The lowest BCUT2D eigenvalue weighted by molar-refractivity contribution is 0.676. The van der Waals surface area contributed by atoms with E-state index in [1.54, 1.807) is 0 Å². The first-order valence-corrected chi connectivity index (χ1v) is 4.58. The fraction of sp³-hybridized carbons (Fsp3) is 0.400. The van der Waals surface area contributed by atoms with E-state index in [0.29, 0.717) is 0 Å². The van der Waals surface area contributed by atoms with Gasteiger partial charge in [-0.1, -0.05) is 6.92 Å². The van der Waals surface area contributed by atoms with Crippen molar-refractivity contribution in [3.8, 4) is 0 Å². The van der Waals surface area contributed by atoms with Gasteiger partial charge in [-0.2, -0.15) is 0 Å². The third-order valence-corrected chi connectivity index (χ3v) is 1.91. The fourth-order valence-electron chi connectivity index (χ4n) is 1.18. The molecule has 0 aliphatic heterocycles. The molecule has 14 heavy (non-hydrogen) atoms. The van der Waals surface area contributed by atoms with Gasteiger partial charge in [-0.25, -0.2) is 0 Å². The molecule has 4 heteroatoms. The molecule has 0 spiro atoms. The van der Waals surface area contributed by atoms with Crippen molar-refractivity contribution in [1.29, 1.82) is 0 Å². The molecule has 0 bridgehead atoms. The second-order valence-corrected chi connectivity index (χ2v) is 3.14. The normalized spacial score (nSPS) is 9.50. The number of benzene rings is 1. The Hall–Kier alpha value is -0.930. The highest BCUT2D eigenvalue weighted by Crippen LogP contribution is 2.14. The van der Waals surface area contributed by atoms with Gasteiger partial charge in [0.1, 0.15) is 0 Å². The van der Waals surface area contributed by atoms with Crippen molar-refractivity contribution in [1.82, 2.24) is 5.32 Å². The minimum absolute atomic E-state index is 0. The Morgan fingerprint density at radius 1 is 1.29 bits per heavy atom. The van der Waals surface area contributed by atoms with Gasteiger partial charge in [0.25, 0.3) is 0 Å². The maximum absolute atomic E-state index is 5.78. The predicted octanol–water partition coefficient (Wildman–Crippen LogP) is 1.77. The van der Waals surface area contributed by atoms with Crippen molar-refractivity contribution in [2.75, 3.05) is 18.0 Å². The van der Waals surface area contributed by atoms with Gasteiger partial charge in [-0.15, -0.1) is 12.4 Å². The highest BCUT2D eigenvalue weighted by Gasteiger charge is 1.98. The van der Waals surface area contributed by atoms with Gasteiger partial charge in [0.15, 0.2) is 0 Å². The number of hydrogen-bond acceptors (Lipinski definition) is 3. The van der Waals surface area contributed by atoms with Gasteiger partial charge < -0.3 is 16.8 Å². The first-order chi connectivity index (χ1) is 6.24. The molecule has 1 aromatic carbocycles. The minimum atomic E-state index is 0. The Labute approximate surface area is 91.3 Å². The van der Waals surface area contributed by atoms with Gasteiger partial charge in [-0.3, -0.25) is 0 Å². The number of nitrogen functional groups attached to an aromatic ring is 2. The van der Waals surface area contributed by atoms with Crippen LogP contribution >= 0.6 is 12.4 Å². The van der Waals surface area contributed by atoms with E-state index in [1.807, 2.05) is 18.2 Å². The van der Waals surface area contributed by atoms with E-state index in [2.05, 4.69) is 12.2 Å². The van der Waals surface area contributed by atoms with Crippen molar-refractivity contribution in [2.45, 2.75) is 19.9 Å². The Balaban J connectivity index is 0.00000169. The molecule has 5 N–H and O–H groups in total. The molecule has 0 aromatic heterocycles. The lowest BCUT2D eigenvalue weighted by Gasteiger charge is -2.07. The molecule has 3 nitrogen and oxygen atoms in total. The topological polar surface area (TPSA) is 64.1 Å². The summed E-state index contributed by atoms with van der Waals surface area (Å²) in [7, 11) is 0. The Morgan fingerprint density at radius 2 is 2.00 bits per heavy atom. The molecule has 0 amide bonds. The predicted molar refractivity (Wildman–Crippen MR) is 64.5 cm³/mol. The van der Waals surface area contributed by atoms with E-state index in [4.69, 9.17) is 11.5 Å². The first kappa shape index (κ1) is 13.1. The SMILES string of the molecule is CCCNCc1cc(N)ccc1N.Cl. The molecule has 1 aromatic rings. The molecule has 0 aliphatic carbocycles. The summed E-state index contributed by atoms with van der Waals surface area (Å²) in [6, 6.07) is 5.58. The van der Waals surface area contributed by atoms with Gasteiger partial charge in [0.2, 0.25) is 0 Å². The maximum Gasteiger partial charge on any atom is 0.0361 e. The second-order valence-electron chi connectivity index (χ2n) is 3.14. The number of nitrogens with one attached hydrogen (secondary N) is 1. The van der Waals surface area contributed by atoms with Crippen molar-refractivity contribution in [3.05, 3.63) is 23.8 Å². The Kier molecular flexibility index (Phi) is 6.08. The molecule has 0 heterocycles. The minimum Gasteiger partial charge on any atom is -0.399 e. The number of halogens is 1. The smallest absolute Gasteiger partial charge is 0.0361 e. The molecule has 0 saturated heterocycles. The van der Waals surface area contributed by atoms with Crippen LogP contribution in [0, 0.1) is 0 Å². The quantitative estimate of drug-likeness (QED) is 0.530. The lowest BCUT2D eigenvalue weighted by Crippen LogP contribution is -2.15. The number of rotatable bonds is 4. The van der Waals surface area contributed by atoms with Gasteiger partial charge in [-0.05, 0) is 36.7 Å². The molecule has 0 saturated carbocycles. The van der Waals surface area contributed by atoms with Crippen LogP contribution in [0.2, 0.25) is 0 Å². The maximum atomic E-state index is 5.78. The van der Waals surface area contributed by atoms with Crippen LogP contribution in [-0.4, -0.2) is 6.54 Å². The summed E-state index contributed by atoms with van der Waals surface area (Å²) in [4.78, 5) is 0. The molecule has 0 fully saturated rings. The number of nitrogens with two attached hydrogens (primary N) is 2. The van der Waals surface area contributed by atoms with E-state index >= 15 is 0 Å². The summed E-state index contributed by atoms with van der Waals surface area (Å²) < 4.78 is 0. The Bertz CT molecular complexity index is 276. The van der Waals surface area contributed by atoms with E-state index in [9.17, 15) is 0 Å². The highest BCUT2D eigenvalue weighted by atomic mass is 35.5. The van der Waals surface area contributed by atoms with Crippen LogP contribution in [0.25, 0.3) is 0 Å². The zero-order chi connectivity index (χ0) is 9.68. The molecule has 1 rings (SSSR count). The van der Waals surface area contributed by atoms with Crippen LogP contribution in [0.1, 0.15) is 18.9 Å². The molecule has 0 radical (unpaired) electrons. The van der Waals surface area contributed by atoms with E-state index in [-0.39, 0.29) is 12.4 Å². The summed E-state index contributed by atoms with van der Waals surface area (Å²) in [6.45, 7) is 3.94. The summed E-state index contributed by atoms with van der Waals surface area (Å²) in [5.41, 5.74) is 14.1. The zero-order valence-corrected chi connectivity index (χ0v) is 9.23. The van der Waals surface area contributed by atoms with Crippen LogP contribution in [0.5, 0.6) is 0 Å². The van der Waals surface area contributed by atoms with Crippen molar-refractivity contribution in [2.24, 2.45) is 0 Å². The average molecular weight is 216 g/mol. The average Bonchev–Trinajstić information content (AvgIpc) is 2.11. The third-order valence-electron chi connectivity index (χ3n) is 1.91. The van der Waals surface area contributed by atoms with E-state index in [0.717, 1.165) is 36.4 Å². The zero-order valence-electron chi connectivity index (χ0n) is 8.42. The van der Waals surface area contributed by atoms with Gasteiger partial charge in [0, 0.05) is 17.9 Å². The third kappa shape index (κ3) is 3.85. The highest BCUT2D eigenvalue weighted by molar-refractivity contribution is 5.85. The largest absolute Gasteiger partial charge is 0.399 e. The van der Waals surface area contributed by atoms with Crippen molar-refractivity contribution < 1.29 is 0 Å². The van der Waals surface area contributed by atoms with Crippen molar-refractivity contribution >= 4 is 23.8 Å². The van der Waals surface area contributed by atoms with Crippen LogP contribution in [0.4, 0.5) is 11.4 Å². The van der Waals surface area contributed by atoms with E-state index in [1.165, 1.54) is 0 Å². The molecule has 0 aliphatic rings. The van der Waals surface area contributed by atoms with E-state index < -0.39 is 0 Å². The molecule has 80 valence electrons. The second kappa shape index (κ2) is 6.51. The summed E-state index contributed by atoms with van der Waals surface area (Å²) in [6.07, 6.45) is 1.13. The van der Waals surface area contributed by atoms with Crippen LogP contribution in [-0.2, 0) is 6.54 Å². The van der Waals surface area contributed by atoms with Crippen LogP contribution in [0.15, 0.2) is 18.2 Å². The molecule has 0 unspecified atom stereocenters. The molecular formula is C10H18ClN3. The fourth-order valence-corrected chi connectivity index (χ4v) is 1.18. The first-order valence-electron chi connectivity index (χ1n) is 4.58.